The number of benzene rings is 2. The highest BCUT2D eigenvalue weighted by Gasteiger charge is 2.21. The number of amides is 1. The SMILES string of the molecule is CCN(CC)C(=O)c1ccc(Oc2ccc(C)cc2)c([N+](=O)[O-])c1. The van der Waals surface area contributed by atoms with Gasteiger partial charge < -0.3 is 9.64 Å². The van der Waals surface area contributed by atoms with Crippen LogP contribution in [0.2, 0.25) is 0 Å². The molecule has 6 nitrogen and oxygen atoms in total. The molecule has 0 aliphatic carbocycles. The first-order valence-electron chi connectivity index (χ1n) is 7.78. The van der Waals surface area contributed by atoms with Gasteiger partial charge in [-0.2, -0.15) is 0 Å². The van der Waals surface area contributed by atoms with E-state index < -0.39 is 4.92 Å². The van der Waals surface area contributed by atoms with E-state index in [1.165, 1.54) is 12.1 Å². The van der Waals surface area contributed by atoms with E-state index in [4.69, 9.17) is 4.74 Å². The normalized spacial score (nSPS) is 10.3. The Morgan fingerprint density at radius 3 is 2.29 bits per heavy atom. The molecule has 0 radical (unpaired) electrons. The van der Waals surface area contributed by atoms with E-state index in [0.29, 0.717) is 18.8 Å². The Hall–Kier alpha value is -2.89. The predicted octanol–water partition coefficient (Wildman–Crippen LogP) is 4.18. The number of ether oxygens (including phenoxy) is 1. The minimum atomic E-state index is -0.539. The van der Waals surface area contributed by atoms with E-state index in [1.54, 1.807) is 23.1 Å². The van der Waals surface area contributed by atoms with Crippen LogP contribution in [0.15, 0.2) is 42.5 Å². The van der Waals surface area contributed by atoms with Crippen molar-refractivity contribution in [2.24, 2.45) is 0 Å². The van der Waals surface area contributed by atoms with Crippen molar-refractivity contribution in [2.75, 3.05) is 13.1 Å². The van der Waals surface area contributed by atoms with Crippen molar-refractivity contribution in [3.8, 4) is 11.5 Å². The molecule has 1 amide bonds. The summed E-state index contributed by atoms with van der Waals surface area (Å²) in [6.07, 6.45) is 0. The number of nitrogens with zero attached hydrogens (tertiary/aromatic N) is 2. The minimum absolute atomic E-state index is 0.111. The second kappa shape index (κ2) is 7.59. The first kappa shape index (κ1) is 17.5. The highest BCUT2D eigenvalue weighted by atomic mass is 16.6. The van der Waals surface area contributed by atoms with Gasteiger partial charge >= 0.3 is 5.69 Å². The smallest absolute Gasteiger partial charge is 0.312 e. The maximum absolute atomic E-state index is 12.4. The van der Waals surface area contributed by atoms with Crippen molar-refractivity contribution in [2.45, 2.75) is 20.8 Å². The molecule has 2 aromatic rings. The topological polar surface area (TPSA) is 72.7 Å². The van der Waals surface area contributed by atoms with Crippen molar-refractivity contribution < 1.29 is 14.5 Å². The number of hydrogen-bond acceptors (Lipinski definition) is 4. The fourth-order valence-electron chi connectivity index (χ4n) is 2.31. The maximum Gasteiger partial charge on any atom is 0.312 e. The van der Waals surface area contributed by atoms with Gasteiger partial charge in [-0.15, -0.1) is 0 Å². The van der Waals surface area contributed by atoms with Crippen LogP contribution in [0.5, 0.6) is 11.5 Å². The molecule has 0 aromatic heterocycles. The molecule has 2 rings (SSSR count). The van der Waals surface area contributed by atoms with Gasteiger partial charge in [-0.25, -0.2) is 0 Å². The summed E-state index contributed by atoms with van der Waals surface area (Å²) in [4.78, 5) is 24.8. The first-order chi connectivity index (χ1) is 11.5. The average Bonchev–Trinajstić information content (AvgIpc) is 2.58. The van der Waals surface area contributed by atoms with Crippen LogP contribution in [-0.2, 0) is 0 Å². The molecule has 24 heavy (non-hydrogen) atoms. The molecular weight excluding hydrogens is 308 g/mol. The zero-order valence-electron chi connectivity index (χ0n) is 14.0. The van der Waals surface area contributed by atoms with Crippen LogP contribution in [0.1, 0.15) is 29.8 Å². The predicted molar refractivity (Wildman–Crippen MR) is 91.6 cm³/mol. The Labute approximate surface area is 140 Å². The third-order valence-corrected chi connectivity index (χ3v) is 3.70. The standard InChI is InChI=1S/C18H20N2O4/c1-4-19(5-2)18(21)14-8-11-17(16(12-14)20(22)23)24-15-9-6-13(3)7-10-15/h6-12H,4-5H2,1-3H3. The molecule has 0 bridgehead atoms. The zero-order chi connectivity index (χ0) is 17.7. The third-order valence-electron chi connectivity index (χ3n) is 3.70. The highest BCUT2D eigenvalue weighted by molar-refractivity contribution is 5.95. The number of nitro groups is 1. The van der Waals surface area contributed by atoms with E-state index in [0.717, 1.165) is 5.56 Å². The lowest BCUT2D eigenvalue weighted by Crippen LogP contribution is -2.30. The van der Waals surface area contributed by atoms with Gasteiger partial charge in [-0.1, -0.05) is 17.7 Å². The molecule has 0 unspecified atom stereocenters. The third kappa shape index (κ3) is 3.90. The van der Waals surface area contributed by atoms with E-state index in [-0.39, 0.29) is 22.9 Å². The summed E-state index contributed by atoms with van der Waals surface area (Å²) in [5, 5.41) is 11.4. The van der Waals surface area contributed by atoms with Crippen LogP contribution in [0, 0.1) is 17.0 Å². The molecule has 126 valence electrons. The summed E-state index contributed by atoms with van der Waals surface area (Å²) in [6.45, 7) is 6.77. The van der Waals surface area contributed by atoms with Crippen molar-refractivity contribution in [1.29, 1.82) is 0 Å². The van der Waals surface area contributed by atoms with Gasteiger partial charge in [0.05, 0.1) is 4.92 Å². The Kier molecular flexibility index (Phi) is 5.52. The number of hydrogen-bond donors (Lipinski definition) is 0. The molecule has 0 aliphatic heterocycles. The number of aryl methyl sites for hydroxylation is 1. The Bertz CT molecular complexity index is 737. The summed E-state index contributed by atoms with van der Waals surface area (Å²) < 4.78 is 5.61. The fraction of sp³-hybridized carbons (Fsp3) is 0.278. The van der Waals surface area contributed by atoms with E-state index >= 15 is 0 Å². The summed E-state index contributed by atoms with van der Waals surface area (Å²) in [5.41, 5.74) is 1.12. The lowest BCUT2D eigenvalue weighted by molar-refractivity contribution is -0.385. The highest BCUT2D eigenvalue weighted by Crippen LogP contribution is 2.32. The Balaban J connectivity index is 2.34. The monoisotopic (exact) mass is 328 g/mol. The van der Waals surface area contributed by atoms with Crippen molar-refractivity contribution in [3.05, 3.63) is 63.7 Å². The molecule has 6 heteroatoms. The molecular formula is C18H20N2O4. The summed E-state index contributed by atoms with van der Waals surface area (Å²) in [7, 11) is 0. The van der Waals surface area contributed by atoms with E-state index in [1.807, 2.05) is 32.9 Å². The maximum atomic E-state index is 12.4. The van der Waals surface area contributed by atoms with Gasteiger partial charge in [0.15, 0.2) is 0 Å². The van der Waals surface area contributed by atoms with Gasteiger partial charge in [-0.3, -0.25) is 14.9 Å². The number of nitro benzene ring substituents is 1. The first-order valence-corrected chi connectivity index (χ1v) is 7.78. The molecule has 0 N–H and O–H groups in total. The molecule has 0 atom stereocenters. The van der Waals surface area contributed by atoms with Crippen molar-refractivity contribution >= 4 is 11.6 Å². The minimum Gasteiger partial charge on any atom is -0.450 e. The van der Waals surface area contributed by atoms with Gasteiger partial charge in [0.25, 0.3) is 5.91 Å². The molecule has 0 aliphatic rings. The fourth-order valence-corrected chi connectivity index (χ4v) is 2.31. The lowest BCUT2D eigenvalue weighted by Gasteiger charge is -2.18. The van der Waals surface area contributed by atoms with Gasteiger partial charge in [-0.05, 0) is 45.0 Å². The molecule has 0 heterocycles. The number of rotatable bonds is 6. The van der Waals surface area contributed by atoms with Gasteiger partial charge in [0.1, 0.15) is 5.75 Å². The van der Waals surface area contributed by atoms with Crippen LogP contribution in [-0.4, -0.2) is 28.8 Å². The molecule has 2 aromatic carbocycles. The molecule has 0 spiro atoms. The van der Waals surface area contributed by atoms with Gasteiger partial charge in [0.2, 0.25) is 5.75 Å². The van der Waals surface area contributed by atoms with E-state index in [9.17, 15) is 14.9 Å². The summed E-state index contributed by atoms with van der Waals surface area (Å²) in [6, 6.07) is 11.5. The Morgan fingerprint density at radius 1 is 1.12 bits per heavy atom. The largest absolute Gasteiger partial charge is 0.450 e. The summed E-state index contributed by atoms with van der Waals surface area (Å²) in [5.74, 6) is 0.386. The molecule has 0 saturated heterocycles. The Morgan fingerprint density at radius 2 is 1.75 bits per heavy atom. The quantitative estimate of drug-likeness (QED) is 0.589. The van der Waals surface area contributed by atoms with E-state index in [2.05, 4.69) is 0 Å². The summed E-state index contributed by atoms with van der Waals surface area (Å²) >= 11 is 0. The second-order valence-electron chi connectivity index (χ2n) is 5.33. The lowest BCUT2D eigenvalue weighted by atomic mass is 10.1. The van der Waals surface area contributed by atoms with Crippen LogP contribution < -0.4 is 4.74 Å². The van der Waals surface area contributed by atoms with Crippen LogP contribution in [0.3, 0.4) is 0 Å². The molecule has 0 saturated carbocycles. The van der Waals surface area contributed by atoms with Crippen molar-refractivity contribution in [1.82, 2.24) is 4.90 Å². The second-order valence-corrected chi connectivity index (χ2v) is 5.33. The van der Waals surface area contributed by atoms with Gasteiger partial charge in [0, 0.05) is 24.7 Å². The van der Waals surface area contributed by atoms with Crippen LogP contribution >= 0.6 is 0 Å². The number of carbonyl (C=O) groups excluding carboxylic acids is 1. The number of carbonyl (C=O) groups is 1. The van der Waals surface area contributed by atoms with Crippen LogP contribution in [0.4, 0.5) is 5.69 Å². The molecule has 0 fully saturated rings. The van der Waals surface area contributed by atoms with Crippen molar-refractivity contribution in [3.63, 3.8) is 0 Å². The zero-order valence-corrected chi connectivity index (χ0v) is 14.0. The average molecular weight is 328 g/mol. The van der Waals surface area contributed by atoms with Crippen LogP contribution in [0.25, 0.3) is 0 Å².